The zero-order valence-electron chi connectivity index (χ0n) is 12.3. The van der Waals surface area contributed by atoms with Crippen LogP contribution in [0.25, 0.3) is 0 Å². The molecule has 0 spiro atoms. The molecule has 0 aromatic heterocycles. The molecule has 0 unspecified atom stereocenters. The third kappa shape index (κ3) is 3.58. The molecule has 130 valence electrons. The highest BCUT2D eigenvalue weighted by molar-refractivity contribution is 9.11. The maximum atomic E-state index is 13.6. The Labute approximate surface area is 158 Å². The van der Waals surface area contributed by atoms with Gasteiger partial charge in [0.05, 0.1) is 41.0 Å². The van der Waals surface area contributed by atoms with Crippen LogP contribution in [0, 0.1) is 5.82 Å². The van der Waals surface area contributed by atoms with Crippen molar-refractivity contribution in [2.75, 3.05) is 32.1 Å². The monoisotopic (exact) mass is 484 g/mol. The molecule has 0 bridgehead atoms. The fraction of sp³-hybridized carbons (Fsp3) is 0.286. The first-order valence-electron chi connectivity index (χ1n) is 6.63. The van der Waals surface area contributed by atoms with E-state index in [0.29, 0.717) is 4.47 Å². The molecule has 6 nitrogen and oxygen atoms in total. The molecule has 0 saturated heterocycles. The molecule has 0 fully saturated rings. The van der Waals surface area contributed by atoms with Crippen molar-refractivity contribution in [3.63, 3.8) is 0 Å². The first kappa shape index (κ1) is 19.2. The number of carbonyl (C=O) groups excluding carboxylic acids is 2. The van der Waals surface area contributed by atoms with Crippen molar-refractivity contribution in [2.24, 2.45) is 0 Å². The number of nitrogens with zero attached hydrogens (tertiary/aromatic N) is 1. The molecule has 1 aliphatic heterocycles. The van der Waals surface area contributed by atoms with Gasteiger partial charge in [-0.15, -0.1) is 0 Å². The van der Waals surface area contributed by atoms with Gasteiger partial charge < -0.3 is 20.1 Å². The van der Waals surface area contributed by atoms with E-state index in [-0.39, 0.29) is 46.1 Å². The van der Waals surface area contributed by atoms with Gasteiger partial charge in [0.1, 0.15) is 11.5 Å². The summed E-state index contributed by atoms with van der Waals surface area (Å²) in [5.41, 5.74) is 0.381. The Bertz CT molecular complexity index is 742. The number of anilines is 1. The van der Waals surface area contributed by atoms with Crippen molar-refractivity contribution in [1.29, 1.82) is 0 Å². The van der Waals surface area contributed by atoms with Gasteiger partial charge in [-0.25, -0.2) is 9.18 Å². The van der Waals surface area contributed by atoms with Gasteiger partial charge in [-0.05, 0) is 37.9 Å². The quantitative estimate of drug-likeness (QED) is 0.380. The molecule has 10 heteroatoms. The molecule has 24 heavy (non-hydrogen) atoms. The number of halogens is 4. The van der Waals surface area contributed by atoms with E-state index in [2.05, 4.69) is 37.2 Å². The lowest BCUT2D eigenvalue weighted by molar-refractivity contribution is -0.136. The number of hydrogen-bond donors (Lipinski definition) is 2. The average molecular weight is 487 g/mol. The van der Waals surface area contributed by atoms with Crippen LogP contribution in [-0.4, -0.2) is 48.7 Å². The van der Waals surface area contributed by atoms with Crippen LogP contribution in [0.1, 0.15) is 0 Å². The Morgan fingerprint density at radius 3 is 2.79 bits per heavy atom. The van der Waals surface area contributed by atoms with Crippen molar-refractivity contribution >= 4 is 61.0 Å². The van der Waals surface area contributed by atoms with Crippen LogP contribution in [0.3, 0.4) is 0 Å². The lowest BCUT2D eigenvalue weighted by Crippen LogP contribution is -2.31. The number of aliphatic hydroxyl groups is 1. The minimum Gasteiger partial charge on any atom is -0.466 e. The van der Waals surface area contributed by atoms with Crippen LogP contribution in [0.15, 0.2) is 26.3 Å². The summed E-state index contributed by atoms with van der Waals surface area (Å²) in [7, 11) is 1.20. The van der Waals surface area contributed by atoms with E-state index in [0.717, 1.165) is 6.07 Å². The Hall–Kier alpha value is -1.16. The topological polar surface area (TPSA) is 78.9 Å². The van der Waals surface area contributed by atoms with Gasteiger partial charge in [-0.3, -0.25) is 4.79 Å². The second kappa shape index (κ2) is 7.81. The molecule has 0 aliphatic carbocycles. The van der Waals surface area contributed by atoms with E-state index in [9.17, 15) is 14.0 Å². The first-order chi connectivity index (χ1) is 11.3. The van der Waals surface area contributed by atoms with Gasteiger partial charge in [0, 0.05) is 11.0 Å². The molecule has 1 amide bonds. The van der Waals surface area contributed by atoms with E-state index in [1.807, 2.05) is 0 Å². The van der Waals surface area contributed by atoms with Crippen molar-refractivity contribution in [3.05, 3.63) is 37.1 Å². The molecule has 0 radical (unpaired) electrons. The number of carbonyl (C=O) groups is 2. The van der Waals surface area contributed by atoms with Crippen molar-refractivity contribution < 1.29 is 23.8 Å². The summed E-state index contributed by atoms with van der Waals surface area (Å²) in [5.74, 6) is -1.81. The van der Waals surface area contributed by atoms with Crippen LogP contribution in [-0.2, 0) is 14.3 Å². The number of methoxy groups -OCH3 is 1. The van der Waals surface area contributed by atoms with Crippen LogP contribution in [0.5, 0.6) is 0 Å². The maximum Gasteiger partial charge on any atom is 0.337 e. The van der Waals surface area contributed by atoms with Crippen LogP contribution in [0.4, 0.5) is 10.1 Å². The zero-order valence-corrected chi connectivity index (χ0v) is 16.3. The number of hydrogen-bond acceptors (Lipinski definition) is 5. The average Bonchev–Trinajstić information content (AvgIpc) is 2.85. The van der Waals surface area contributed by atoms with Crippen LogP contribution < -0.4 is 5.32 Å². The van der Waals surface area contributed by atoms with Gasteiger partial charge in [-0.2, -0.15) is 0 Å². The van der Waals surface area contributed by atoms with Crippen molar-refractivity contribution in [3.8, 4) is 0 Å². The Morgan fingerprint density at radius 1 is 1.54 bits per heavy atom. The first-order valence-corrected chi connectivity index (χ1v) is 8.59. The fourth-order valence-corrected chi connectivity index (χ4v) is 3.57. The highest BCUT2D eigenvalue weighted by atomic mass is 79.9. The lowest BCUT2D eigenvalue weighted by atomic mass is 10.2. The van der Waals surface area contributed by atoms with Crippen molar-refractivity contribution in [1.82, 2.24) is 4.90 Å². The van der Waals surface area contributed by atoms with Gasteiger partial charge in [0.2, 0.25) is 0 Å². The highest BCUT2D eigenvalue weighted by Gasteiger charge is 2.35. The summed E-state index contributed by atoms with van der Waals surface area (Å²) < 4.78 is 18.8. The van der Waals surface area contributed by atoms with E-state index in [4.69, 9.17) is 21.4 Å². The molecular weight excluding hydrogens is 474 g/mol. The number of ether oxygens (including phenoxy) is 1. The van der Waals surface area contributed by atoms with E-state index in [1.54, 1.807) is 0 Å². The molecule has 0 atom stereocenters. The Morgan fingerprint density at radius 2 is 2.21 bits per heavy atom. The predicted molar refractivity (Wildman–Crippen MR) is 93.1 cm³/mol. The number of benzene rings is 1. The Kier molecular flexibility index (Phi) is 6.24. The number of amides is 1. The predicted octanol–water partition coefficient (Wildman–Crippen LogP) is 2.68. The smallest absolute Gasteiger partial charge is 0.337 e. The fourth-order valence-electron chi connectivity index (χ4n) is 2.15. The molecule has 2 rings (SSSR count). The van der Waals surface area contributed by atoms with Gasteiger partial charge in [-0.1, -0.05) is 11.6 Å². The summed E-state index contributed by atoms with van der Waals surface area (Å²) in [6.07, 6.45) is 0. The summed E-state index contributed by atoms with van der Waals surface area (Å²) in [4.78, 5) is 25.7. The number of nitrogens with one attached hydrogen (secondary N) is 1. The number of esters is 1. The number of aliphatic hydroxyl groups excluding tert-OH is 1. The zero-order chi connectivity index (χ0) is 18.0. The largest absolute Gasteiger partial charge is 0.466 e. The summed E-state index contributed by atoms with van der Waals surface area (Å²) in [6, 6.07) is 1.14. The second-order valence-corrected chi connectivity index (χ2v) is 6.79. The van der Waals surface area contributed by atoms with E-state index in [1.165, 1.54) is 12.0 Å². The molecular formula is C14H12Br2ClFN2O4. The number of rotatable bonds is 5. The molecule has 1 aromatic carbocycles. The van der Waals surface area contributed by atoms with E-state index >= 15 is 0 Å². The highest BCUT2D eigenvalue weighted by Crippen LogP contribution is 2.40. The van der Waals surface area contributed by atoms with Gasteiger partial charge in [0.15, 0.2) is 0 Å². The minimum absolute atomic E-state index is 0.00142. The molecule has 1 aliphatic rings. The van der Waals surface area contributed by atoms with Crippen molar-refractivity contribution in [2.45, 2.75) is 0 Å². The Balaban J connectivity index is 2.47. The van der Waals surface area contributed by atoms with Crippen LogP contribution >= 0.6 is 43.5 Å². The third-order valence-corrected chi connectivity index (χ3v) is 5.33. The summed E-state index contributed by atoms with van der Waals surface area (Å²) in [5, 5.41) is 11.7. The number of β-amino-alcohol motifs (C(OH)–C–C–N with tert-alkyl or cyclic N) is 1. The normalized spacial score (nSPS) is 14.4. The van der Waals surface area contributed by atoms with Gasteiger partial charge >= 0.3 is 5.97 Å². The molecule has 1 aromatic rings. The third-order valence-electron chi connectivity index (χ3n) is 3.32. The lowest BCUT2D eigenvalue weighted by Gasteiger charge is -2.16. The van der Waals surface area contributed by atoms with Gasteiger partial charge in [0.25, 0.3) is 5.91 Å². The SMILES string of the molecule is COC(=O)C1=C(Nc2c(Br)cc(F)c(Cl)c2Br)C(=O)N(CCO)C1. The maximum absolute atomic E-state index is 13.6. The minimum atomic E-state index is -0.674. The molecule has 2 N–H and O–H groups in total. The second-order valence-electron chi connectivity index (χ2n) is 4.76. The summed E-state index contributed by atoms with van der Waals surface area (Å²) >= 11 is 12.2. The standard InChI is InChI=1S/C14H12Br2ClFN2O4/c1-24-14(23)6-5-20(2-3-21)13(22)11(6)19-12-7(15)4-8(18)10(17)9(12)16/h4,19,21H,2-3,5H2,1H3. The summed E-state index contributed by atoms with van der Waals surface area (Å²) in [6.45, 7) is -0.182. The molecule has 0 saturated carbocycles. The van der Waals surface area contributed by atoms with Crippen LogP contribution in [0.2, 0.25) is 5.02 Å². The van der Waals surface area contributed by atoms with E-state index < -0.39 is 17.7 Å². The molecule has 1 heterocycles.